The molecule has 23 heavy (non-hydrogen) atoms. The van der Waals surface area contributed by atoms with Crippen molar-refractivity contribution >= 4 is 33.3 Å². The number of halogens is 1. The normalized spacial score (nSPS) is 11.9. The number of ether oxygens (including phenoxy) is 1. The Morgan fingerprint density at radius 3 is 2.74 bits per heavy atom. The number of benzene rings is 1. The van der Waals surface area contributed by atoms with Crippen molar-refractivity contribution in [1.82, 2.24) is 10.2 Å². The van der Waals surface area contributed by atoms with Crippen molar-refractivity contribution in [2.24, 2.45) is 0 Å². The van der Waals surface area contributed by atoms with Gasteiger partial charge in [-0.1, -0.05) is 17.7 Å². The third-order valence-electron chi connectivity index (χ3n) is 3.56. The molecule has 1 heterocycles. The van der Waals surface area contributed by atoms with Crippen molar-refractivity contribution in [3.8, 4) is 5.75 Å². The number of hydrogen-bond acceptors (Lipinski definition) is 3. The molecule has 1 unspecified atom stereocenters. The zero-order valence-electron chi connectivity index (χ0n) is 13.7. The Balaban J connectivity index is 2.02. The van der Waals surface area contributed by atoms with Crippen molar-refractivity contribution < 1.29 is 9.53 Å². The lowest BCUT2D eigenvalue weighted by Gasteiger charge is -2.22. The van der Waals surface area contributed by atoms with Crippen LogP contribution in [-0.4, -0.2) is 25.1 Å². The molecule has 0 aliphatic carbocycles. The van der Waals surface area contributed by atoms with Crippen LogP contribution in [0.25, 0.3) is 0 Å². The molecule has 0 aliphatic rings. The molecule has 124 valence electrons. The van der Waals surface area contributed by atoms with Crippen molar-refractivity contribution in [2.75, 3.05) is 14.2 Å². The third-order valence-corrected chi connectivity index (χ3v) is 5.17. The number of carbonyl (C=O) groups excluding carboxylic acids is 1. The van der Waals surface area contributed by atoms with Gasteiger partial charge in [-0.3, -0.25) is 0 Å². The molecule has 0 saturated carbocycles. The summed E-state index contributed by atoms with van der Waals surface area (Å²) in [6.07, 6.45) is 0. The highest BCUT2D eigenvalue weighted by molar-refractivity contribution is 9.11. The quantitative estimate of drug-likeness (QED) is 0.793. The van der Waals surface area contributed by atoms with Crippen LogP contribution in [-0.2, 0) is 6.54 Å². The number of rotatable bonds is 5. The number of hydrogen-bond donors (Lipinski definition) is 1. The molecule has 1 aromatic carbocycles. The summed E-state index contributed by atoms with van der Waals surface area (Å²) in [7, 11) is 3.44. The average molecular weight is 397 g/mol. The Bertz CT molecular complexity index is 687. The summed E-state index contributed by atoms with van der Waals surface area (Å²) in [5, 5.41) is 3.02. The van der Waals surface area contributed by atoms with Gasteiger partial charge >= 0.3 is 6.03 Å². The zero-order valence-corrected chi connectivity index (χ0v) is 16.1. The van der Waals surface area contributed by atoms with E-state index in [1.54, 1.807) is 30.4 Å². The molecule has 2 amide bonds. The summed E-state index contributed by atoms with van der Waals surface area (Å²) in [4.78, 5) is 15.2. The van der Waals surface area contributed by atoms with Gasteiger partial charge in [-0.15, -0.1) is 11.3 Å². The summed E-state index contributed by atoms with van der Waals surface area (Å²) >= 11 is 5.07. The number of methoxy groups -OCH3 is 1. The smallest absolute Gasteiger partial charge is 0.317 e. The lowest BCUT2D eigenvalue weighted by atomic mass is 10.0. The Kier molecular flexibility index (Phi) is 6.07. The van der Waals surface area contributed by atoms with Gasteiger partial charge in [-0.25, -0.2) is 4.79 Å². The third kappa shape index (κ3) is 4.72. The minimum Gasteiger partial charge on any atom is -0.496 e. The summed E-state index contributed by atoms with van der Waals surface area (Å²) in [6, 6.07) is 9.75. The maximum atomic E-state index is 12.4. The van der Waals surface area contributed by atoms with Gasteiger partial charge in [-0.2, -0.15) is 0 Å². The SMILES string of the molecule is COc1ccc(C)cc1C(C)NC(=O)N(C)Cc1ccc(Br)s1. The van der Waals surface area contributed by atoms with E-state index in [1.165, 1.54) is 0 Å². The fraction of sp³-hybridized carbons (Fsp3) is 0.353. The molecular weight excluding hydrogens is 376 g/mol. The van der Waals surface area contributed by atoms with Crippen molar-refractivity contribution in [3.05, 3.63) is 50.1 Å². The standard InChI is InChI=1S/C17H21BrN2O2S/c1-11-5-7-15(22-4)14(9-11)12(2)19-17(21)20(3)10-13-6-8-16(18)23-13/h5-9,12H,10H2,1-4H3,(H,19,21). The highest BCUT2D eigenvalue weighted by Crippen LogP contribution is 2.26. The first-order valence-electron chi connectivity index (χ1n) is 7.31. The minimum atomic E-state index is -0.130. The number of amides is 2. The first kappa shape index (κ1) is 17.8. The number of nitrogens with zero attached hydrogens (tertiary/aromatic N) is 1. The first-order chi connectivity index (χ1) is 10.9. The number of urea groups is 1. The highest BCUT2D eigenvalue weighted by atomic mass is 79.9. The fourth-order valence-electron chi connectivity index (χ4n) is 2.31. The van der Waals surface area contributed by atoms with E-state index in [0.717, 1.165) is 25.5 Å². The van der Waals surface area contributed by atoms with Crippen LogP contribution in [0.2, 0.25) is 0 Å². The van der Waals surface area contributed by atoms with E-state index in [4.69, 9.17) is 4.74 Å². The predicted molar refractivity (Wildman–Crippen MR) is 98.2 cm³/mol. The van der Waals surface area contributed by atoms with Crippen molar-refractivity contribution in [1.29, 1.82) is 0 Å². The van der Waals surface area contributed by atoms with E-state index < -0.39 is 0 Å². The second-order valence-electron chi connectivity index (χ2n) is 5.48. The molecule has 0 aliphatic heterocycles. The van der Waals surface area contributed by atoms with E-state index in [2.05, 4.69) is 21.2 Å². The van der Waals surface area contributed by atoms with Gasteiger partial charge in [0.2, 0.25) is 0 Å². The lowest BCUT2D eigenvalue weighted by molar-refractivity contribution is 0.203. The molecule has 6 heteroatoms. The van der Waals surface area contributed by atoms with Crippen molar-refractivity contribution in [3.63, 3.8) is 0 Å². The van der Waals surface area contributed by atoms with Gasteiger partial charge < -0.3 is 15.0 Å². The molecular formula is C17H21BrN2O2S. The predicted octanol–water partition coefficient (Wildman–Crippen LogP) is 4.73. The number of thiophene rings is 1. The van der Waals surface area contributed by atoms with E-state index in [9.17, 15) is 4.79 Å². The highest BCUT2D eigenvalue weighted by Gasteiger charge is 2.17. The van der Waals surface area contributed by atoms with E-state index >= 15 is 0 Å². The van der Waals surface area contributed by atoms with Gasteiger partial charge in [0.05, 0.1) is 23.5 Å². The Labute approximate surface area is 149 Å². The van der Waals surface area contributed by atoms with Crippen LogP contribution in [0.1, 0.15) is 29.0 Å². The number of carbonyl (C=O) groups is 1. The van der Waals surface area contributed by atoms with Crippen LogP contribution < -0.4 is 10.1 Å². The van der Waals surface area contributed by atoms with Crippen LogP contribution in [0, 0.1) is 6.92 Å². The monoisotopic (exact) mass is 396 g/mol. The van der Waals surface area contributed by atoms with Gasteiger partial charge in [0.1, 0.15) is 5.75 Å². The molecule has 0 spiro atoms. The Hall–Kier alpha value is -1.53. The fourth-order valence-corrected chi connectivity index (χ4v) is 3.84. The molecule has 1 atom stereocenters. The van der Waals surface area contributed by atoms with Gasteiger partial charge in [-0.05, 0) is 48.0 Å². The lowest BCUT2D eigenvalue weighted by Crippen LogP contribution is -2.38. The molecule has 1 N–H and O–H groups in total. The van der Waals surface area contributed by atoms with Gasteiger partial charge in [0, 0.05) is 17.5 Å². The molecule has 0 radical (unpaired) electrons. The molecule has 2 aromatic rings. The largest absolute Gasteiger partial charge is 0.496 e. The number of aryl methyl sites for hydroxylation is 1. The summed E-state index contributed by atoms with van der Waals surface area (Å²) in [6.45, 7) is 4.57. The van der Waals surface area contributed by atoms with Crippen LogP contribution in [0.15, 0.2) is 34.1 Å². The summed E-state index contributed by atoms with van der Waals surface area (Å²) < 4.78 is 6.46. The maximum Gasteiger partial charge on any atom is 0.317 e. The molecule has 4 nitrogen and oxygen atoms in total. The Morgan fingerprint density at radius 2 is 2.13 bits per heavy atom. The summed E-state index contributed by atoms with van der Waals surface area (Å²) in [5.41, 5.74) is 2.12. The second kappa shape index (κ2) is 7.84. The molecule has 0 saturated heterocycles. The molecule has 1 aromatic heterocycles. The molecule has 0 bridgehead atoms. The zero-order chi connectivity index (χ0) is 17.0. The van der Waals surface area contributed by atoms with Gasteiger partial charge in [0.25, 0.3) is 0 Å². The topological polar surface area (TPSA) is 41.6 Å². The molecule has 2 rings (SSSR count). The van der Waals surface area contributed by atoms with E-state index in [-0.39, 0.29) is 12.1 Å². The minimum absolute atomic E-state index is 0.106. The first-order valence-corrected chi connectivity index (χ1v) is 8.92. The number of nitrogens with one attached hydrogen (secondary N) is 1. The maximum absolute atomic E-state index is 12.4. The van der Waals surface area contributed by atoms with E-state index in [0.29, 0.717) is 6.54 Å². The van der Waals surface area contributed by atoms with E-state index in [1.807, 2.05) is 44.2 Å². The van der Waals surface area contributed by atoms with Crippen LogP contribution in [0.5, 0.6) is 5.75 Å². The molecule has 0 fully saturated rings. The van der Waals surface area contributed by atoms with Crippen LogP contribution in [0.4, 0.5) is 4.79 Å². The van der Waals surface area contributed by atoms with Gasteiger partial charge in [0.15, 0.2) is 0 Å². The summed E-state index contributed by atoms with van der Waals surface area (Å²) in [5.74, 6) is 0.785. The Morgan fingerprint density at radius 1 is 1.39 bits per heavy atom. The van der Waals surface area contributed by atoms with Crippen LogP contribution in [0.3, 0.4) is 0 Å². The van der Waals surface area contributed by atoms with Crippen molar-refractivity contribution in [2.45, 2.75) is 26.4 Å². The average Bonchev–Trinajstić information content (AvgIpc) is 2.92. The van der Waals surface area contributed by atoms with Crippen LogP contribution >= 0.6 is 27.3 Å². The second-order valence-corrected chi connectivity index (χ2v) is 8.03.